The third-order valence-corrected chi connectivity index (χ3v) is 9.53. The molecule has 0 spiro atoms. The topological polar surface area (TPSA) is 60.9 Å². The average Bonchev–Trinajstić information content (AvgIpc) is 2.97. The molecule has 8 heteroatoms. The molecule has 1 aliphatic rings. The molecule has 0 N–H and O–H groups in total. The van der Waals surface area contributed by atoms with Gasteiger partial charge in [0.1, 0.15) is 6.54 Å². The summed E-state index contributed by atoms with van der Waals surface area (Å²) in [6.45, 7) is 4.04. The first-order valence-corrected chi connectivity index (χ1v) is 15.5. The first-order chi connectivity index (χ1) is 19.3. The first-order valence-electron chi connectivity index (χ1n) is 13.3. The van der Waals surface area contributed by atoms with Gasteiger partial charge in [0.25, 0.3) is 10.0 Å². The number of hydrogen-bond donors (Lipinski definition) is 0. The van der Waals surface area contributed by atoms with E-state index in [1.54, 1.807) is 47.4 Å². The number of amides is 1. The molecule has 1 aliphatic heterocycles. The van der Waals surface area contributed by atoms with E-state index in [0.717, 1.165) is 10.0 Å². The van der Waals surface area contributed by atoms with Gasteiger partial charge in [0.05, 0.1) is 16.6 Å². The van der Waals surface area contributed by atoms with Gasteiger partial charge in [-0.25, -0.2) is 8.42 Å². The Morgan fingerprint density at radius 3 is 1.93 bits per heavy atom. The van der Waals surface area contributed by atoms with Gasteiger partial charge in [0, 0.05) is 30.7 Å². The van der Waals surface area contributed by atoms with Crippen molar-refractivity contribution in [2.45, 2.75) is 17.9 Å². The number of carbonyl (C=O) groups is 1. The van der Waals surface area contributed by atoms with Gasteiger partial charge in [-0.05, 0) is 48.4 Å². The van der Waals surface area contributed by atoms with Crippen LogP contribution in [0.25, 0.3) is 0 Å². The van der Waals surface area contributed by atoms with Gasteiger partial charge >= 0.3 is 0 Å². The SMILES string of the molecule is Cc1ccc(S(=O)(=O)N(CC(=O)N2CCN(C(c3ccccc3)c3ccccc3)CC2)c2cccc(Br)c2)cc1. The predicted molar refractivity (Wildman–Crippen MR) is 163 cm³/mol. The standard InChI is InChI=1S/C32H32BrN3O3S/c1-25-15-17-30(18-16-25)40(38,39)36(29-14-8-13-28(33)23-29)24-31(37)34-19-21-35(22-20-34)32(26-9-4-2-5-10-26)27-11-6-3-7-12-27/h2-18,23,32H,19-22,24H2,1H3. The van der Waals surface area contributed by atoms with Crippen molar-refractivity contribution in [2.24, 2.45) is 0 Å². The van der Waals surface area contributed by atoms with E-state index in [1.807, 2.05) is 25.1 Å². The Hall–Kier alpha value is -3.46. The van der Waals surface area contributed by atoms with E-state index in [1.165, 1.54) is 15.4 Å². The largest absolute Gasteiger partial charge is 0.339 e. The summed E-state index contributed by atoms with van der Waals surface area (Å²) in [5.74, 6) is -0.216. The minimum absolute atomic E-state index is 0.0831. The smallest absolute Gasteiger partial charge is 0.264 e. The lowest BCUT2D eigenvalue weighted by atomic mass is 9.96. The highest BCUT2D eigenvalue weighted by Crippen LogP contribution is 2.30. The molecule has 1 amide bonds. The van der Waals surface area contributed by atoms with Crippen LogP contribution in [0.2, 0.25) is 0 Å². The highest BCUT2D eigenvalue weighted by molar-refractivity contribution is 9.10. The molecule has 0 bridgehead atoms. The van der Waals surface area contributed by atoms with Crippen LogP contribution in [0.4, 0.5) is 5.69 Å². The van der Waals surface area contributed by atoms with Crippen LogP contribution in [0.1, 0.15) is 22.7 Å². The molecule has 1 saturated heterocycles. The first kappa shape index (κ1) is 28.1. The van der Waals surface area contributed by atoms with Crippen molar-refractivity contribution >= 4 is 37.5 Å². The lowest BCUT2D eigenvalue weighted by Gasteiger charge is -2.40. The number of anilines is 1. The monoisotopic (exact) mass is 617 g/mol. The Morgan fingerprint density at radius 2 is 1.38 bits per heavy atom. The van der Waals surface area contributed by atoms with Gasteiger partial charge in [0.15, 0.2) is 0 Å². The zero-order valence-corrected chi connectivity index (χ0v) is 24.8. The minimum Gasteiger partial charge on any atom is -0.339 e. The second-order valence-electron chi connectivity index (χ2n) is 9.95. The number of nitrogens with zero attached hydrogens (tertiary/aromatic N) is 3. The lowest BCUT2D eigenvalue weighted by molar-refractivity contribution is -0.131. The van der Waals surface area contributed by atoms with Crippen LogP contribution in [-0.2, 0) is 14.8 Å². The molecule has 0 unspecified atom stereocenters. The number of piperazine rings is 1. The van der Waals surface area contributed by atoms with Crippen molar-refractivity contribution in [2.75, 3.05) is 37.0 Å². The van der Waals surface area contributed by atoms with Gasteiger partial charge in [0.2, 0.25) is 5.91 Å². The molecule has 0 atom stereocenters. The maximum atomic E-state index is 13.8. The quantitative estimate of drug-likeness (QED) is 0.247. The molecule has 6 nitrogen and oxygen atoms in total. The molecule has 4 aromatic rings. The van der Waals surface area contributed by atoms with Crippen molar-refractivity contribution < 1.29 is 13.2 Å². The fourth-order valence-corrected chi connectivity index (χ4v) is 6.91. The summed E-state index contributed by atoms with van der Waals surface area (Å²) in [7, 11) is -3.96. The van der Waals surface area contributed by atoms with E-state index in [4.69, 9.17) is 0 Å². The van der Waals surface area contributed by atoms with E-state index in [9.17, 15) is 13.2 Å². The second-order valence-corrected chi connectivity index (χ2v) is 12.7. The third-order valence-electron chi connectivity index (χ3n) is 7.25. The fourth-order valence-electron chi connectivity index (χ4n) is 5.12. The highest BCUT2D eigenvalue weighted by atomic mass is 79.9. The average molecular weight is 619 g/mol. The number of halogens is 1. The molecular formula is C32H32BrN3O3S. The Morgan fingerprint density at radius 1 is 0.800 bits per heavy atom. The van der Waals surface area contributed by atoms with Crippen LogP contribution in [0.15, 0.2) is 119 Å². The van der Waals surface area contributed by atoms with Crippen LogP contribution in [0.3, 0.4) is 0 Å². The van der Waals surface area contributed by atoms with Crippen LogP contribution >= 0.6 is 15.9 Å². The third kappa shape index (κ3) is 6.30. The van der Waals surface area contributed by atoms with E-state index in [-0.39, 0.29) is 23.4 Å². The van der Waals surface area contributed by atoms with Gasteiger partial charge < -0.3 is 4.90 Å². The summed E-state index contributed by atoms with van der Waals surface area (Å²) in [5.41, 5.74) is 3.82. The zero-order chi connectivity index (χ0) is 28.1. The summed E-state index contributed by atoms with van der Waals surface area (Å²) < 4.78 is 29.5. The molecule has 1 fully saturated rings. The van der Waals surface area contributed by atoms with Gasteiger partial charge in [-0.15, -0.1) is 0 Å². The van der Waals surface area contributed by atoms with Crippen LogP contribution < -0.4 is 4.31 Å². The molecule has 0 saturated carbocycles. The summed E-state index contributed by atoms with van der Waals surface area (Å²) in [4.78, 5) is 17.9. The van der Waals surface area contributed by atoms with Crippen LogP contribution in [-0.4, -0.2) is 56.8 Å². The van der Waals surface area contributed by atoms with E-state index in [0.29, 0.717) is 31.9 Å². The number of aryl methyl sites for hydroxylation is 1. The molecule has 0 radical (unpaired) electrons. The number of carbonyl (C=O) groups excluding carboxylic acids is 1. The molecule has 5 rings (SSSR count). The van der Waals surface area contributed by atoms with E-state index >= 15 is 0 Å². The maximum Gasteiger partial charge on any atom is 0.264 e. The summed E-state index contributed by atoms with van der Waals surface area (Å²) in [6, 6.07) is 34.6. The Bertz CT molecular complexity index is 1500. The Labute approximate surface area is 245 Å². The maximum absolute atomic E-state index is 13.8. The van der Waals surface area contributed by atoms with Crippen molar-refractivity contribution in [3.63, 3.8) is 0 Å². The van der Waals surface area contributed by atoms with E-state index < -0.39 is 10.0 Å². The Kier molecular flexibility index (Phi) is 8.69. The van der Waals surface area contributed by atoms with Gasteiger partial charge in [-0.1, -0.05) is 100 Å². The molecule has 40 heavy (non-hydrogen) atoms. The summed E-state index contributed by atoms with van der Waals surface area (Å²) >= 11 is 3.44. The molecule has 0 aliphatic carbocycles. The van der Waals surface area contributed by atoms with Crippen molar-refractivity contribution in [1.29, 1.82) is 0 Å². The molecule has 1 heterocycles. The lowest BCUT2D eigenvalue weighted by Crippen LogP contribution is -2.52. The number of hydrogen-bond acceptors (Lipinski definition) is 4. The van der Waals surface area contributed by atoms with Crippen molar-refractivity contribution in [3.05, 3.63) is 130 Å². The number of sulfonamides is 1. The molecular weight excluding hydrogens is 586 g/mol. The van der Waals surface area contributed by atoms with Crippen LogP contribution in [0.5, 0.6) is 0 Å². The normalized spacial score (nSPS) is 14.3. The minimum atomic E-state index is -3.96. The van der Waals surface area contributed by atoms with Gasteiger partial charge in [-0.3, -0.25) is 14.0 Å². The van der Waals surface area contributed by atoms with E-state index in [2.05, 4.69) is 69.4 Å². The molecule has 206 valence electrons. The second kappa shape index (κ2) is 12.4. The number of rotatable bonds is 8. The van der Waals surface area contributed by atoms with Crippen molar-refractivity contribution in [3.8, 4) is 0 Å². The summed E-state index contributed by atoms with van der Waals surface area (Å²) in [5, 5.41) is 0. The van der Waals surface area contributed by atoms with Crippen LogP contribution in [0, 0.1) is 6.92 Å². The molecule has 0 aromatic heterocycles. The highest BCUT2D eigenvalue weighted by Gasteiger charge is 2.32. The fraction of sp³-hybridized carbons (Fsp3) is 0.219. The Balaban J connectivity index is 1.35. The van der Waals surface area contributed by atoms with Gasteiger partial charge in [-0.2, -0.15) is 0 Å². The number of benzene rings is 4. The zero-order valence-electron chi connectivity index (χ0n) is 22.4. The predicted octanol–water partition coefficient (Wildman–Crippen LogP) is 5.89. The summed E-state index contributed by atoms with van der Waals surface area (Å²) in [6.07, 6.45) is 0. The van der Waals surface area contributed by atoms with Crippen molar-refractivity contribution in [1.82, 2.24) is 9.80 Å². The molecule has 4 aromatic carbocycles.